The van der Waals surface area contributed by atoms with E-state index in [4.69, 9.17) is 35.8 Å². The molecule has 3 rings (SSSR count). The lowest BCUT2D eigenvalue weighted by atomic mass is 10.2. The van der Waals surface area contributed by atoms with Crippen LogP contribution in [0.25, 0.3) is 22.8 Å². The van der Waals surface area contributed by atoms with E-state index in [2.05, 4.69) is 10.1 Å². The summed E-state index contributed by atoms with van der Waals surface area (Å²) in [6.07, 6.45) is 0.0280. The molecule has 7 nitrogen and oxygen atoms in total. The fourth-order valence-electron chi connectivity index (χ4n) is 2.52. The number of hydrogen-bond donors (Lipinski definition) is 2. The zero-order valence-electron chi connectivity index (χ0n) is 16.2. The van der Waals surface area contributed by atoms with E-state index in [1.165, 1.54) is 0 Å². The van der Waals surface area contributed by atoms with Crippen molar-refractivity contribution < 1.29 is 24.2 Å². The van der Waals surface area contributed by atoms with Gasteiger partial charge in [-0.1, -0.05) is 16.8 Å². The largest absolute Gasteiger partial charge is 0.493 e. The summed E-state index contributed by atoms with van der Waals surface area (Å²) in [5.74, 6) is 1.71. The maximum Gasteiger partial charge on any atom is 0.258 e. The highest BCUT2D eigenvalue weighted by Crippen LogP contribution is 2.31. The van der Waals surface area contributed by atoms with Crippen molar-refractivity contribution in [2.24, 2.45) is 5.92 Å². The lowest BCUT2D eigenvalue weighted by Gasteiger charge is -2.12. The second-order valence-electron chi connectivity index (χ2n) is 6.80. The number of aliphatic hydroxyl groups excluding tert-OH is 2. The number of halogens is 1. The molecule has 0 aliphatic rings. The van der Waals surface area contributed by atoms with E-state index in [-0.39, 0.29) is 31.8 Å². The van der Waals surface area contributed by atoms with Crippen molar-refractivity contribution in [3.8, 4) is 34.3 Å². The van der Waals surface area contributed by atoms with Crippen molar-refractivity contribution in [3.63, 3.8) is 0 Å². The normalized spacial score (nSPS) is 11.3. The molecule has 1 heterocycles. The Hall–Kier alpha value is -2.61. The van der Waals surface area contributed by atoms with Crippen molar-refractivity contribution in [1.82, 2.24) is 10.1 Å². The van der Waals surface area contributed by atoms with Crippen LogP contribution in [0.5, 0.6) is 11.5 Å². The highest BCUT2D eigenvalue weighted by atomic mass is 35.5. The highest BCUT2D eigenvalue weighted by molar-refractivity contribution is 6.32. The monoisotopic (exact) mass is 418 g/mol. The van der Waals surface area contributed by atoms with Gasteiger partial charge in [0.2, 0.25) is 5.82 Å². The number of rotatable bonds is 9. The zero-order valence-corrected chi connectivity index (χ0v) is 17.0. The van der Waals surface area contributed by atoms with Crippen molar-refractivity contribution in [2.45, 2.75) is 20.0 Å². The molecule has 8 heteroatoms. The van der Waals surface area contributed by atoms with E-state index in [0.29, 0.717) is 28.2 Å². The molecule has 0 atom stereocenters. The van der Waals surface area contributed by atoms with Gasteiger partial charge in [0.15, 0.2) is 0 Å². The molecule has 0 amide bonds. The molecule has 0 radical (unpaired) electrons. The summed E-state index contributed by atoms with van der Waals surface area (Å²) in [6, 6.07) is 12.5. The Morgan fingerprint density at radius 1 is 1.03 bits per heavy atom. The second kappa shape index (κ2) is 9.73. The summed E-state index contributed by atoms with van der Waals surface area (Å²) in [7, 11) is 0. The molecular weight excluding hydrogens is 396 g/mol. The minimum Gasteiger partial charge on any atom is -0.493 e. The first-order valence-corrected chi connectivity index (χ1v) is 9.63. The molecule has 154 valence electrons. The maximum absolute atomic E-state index is 9.08. The average molecular weight is 419 g/mol. The number of nitrogens with zero attached hydrogens (tertiary/aromatic N) is 2. The van der Waals surface area contributed by atoms with E-state index >= 15 is 0 Å². The van der Waals surface area contributed by atoms with E-state index in [9.17, 15) is 0 Å². The SMILES string of the molecule is CC(C)Oc1ccc(-c2noc(-c3ccc(OCC(CO)CO)cc3)n2)cc1Cl. The van der Waals surface area contributed by atoms with Crippen LogP contribution in [-0.2, 0) is 0 Å². The van der Waals surface area contributed by atoms with Gasteiger partial charge in [0.1, 0.15) is 11.5 Å². The lowest BCUT2D eigenvalue weighted by molar-refractivity contribution is 0.106. The van der Waals surface area contributed by atoms with Crippen LogP contribution < -0.4 is 9.47 Å². The van der Waals surface area contributed by atoms with Gasteiger partial charge in [-0.3, -0.25) is 0 Å². The molecule has 0 aliphatic heterocycles. The number of ether oxygens (including phenoxy) is 2. The molecule has 0 saturated carbocycles. The summed E-state index contributed by atoms with van der Waals surface area (Å²) in [4.78, 5) is 4.43. The van der Waals surface area contributed by atoms with Crippen LogP contribution in [0.4, 0.5) is 0 Å². The highest BCUT2D eigenvalue weighted by Gasteiger charge is 2.14. The minimum atomic E-state index is -0.308. The number of hydrogen-bond acceptors (Lipinski definition) is 7. The van der Waals surface area contributed by atoms with Crippen molar-refractivity contribution in [3.05, 3.63) is 47.5 Å². The lowest BCUT2D eigenvalue weighted by Crippen LogP contribution is -2.19. The molecule has 0 bridgehead atoms. The van der Waals surface area contributed by atoms with Crippen LogP contribution in [0, 0.1) is 5.92 Å². The predicted octanol–water partition coefficient (Wildman–Crippen LogP) is 3.82. The summed E-state index contributed by atoms with van der Waals surface area (Å²) in [5, 5.41) is 22.7. The van der Waals surface area contributed by atoms with Gasteiger partial charge in [0.05, 0.1) is 30.9 Å². The Morgan fingerprint density at radius 2 is 1.72 bits per heavy atom. The fraction of sp³-hybridized carbons (Fsp3) is 0.333. The molecule has 3 aromatic rings. The van der Waals surface area contributed by atoms with Crippen LogP contribution in [-0.4, -0.2) is 46.3 Å². The van der Waals surface area contributed by atoms with Gasteiger partial charge in [0.25, 0.3) is 5.89 Å². The van der Waals surface area contributed by atoms with Crippen LogP contribution in [0.2, 0.25) is 5.02 Å². The third-order valence-electron chi connectivity index (χ3n) is 4.08. The topological polar surface area (TPSA) is 97.8 Å². The van der Waals surface area contributed by atoms with Crippen molar-refractivity contribution in [2.75, 3.05) is 19.8 Å². The first-order chi connectivity index (χ1) is 14.0. The molecule has 1 aromatic heterocycles. The molecule has 29 heavy (non-hydrogen) atoms. The third kappa shape index (κ3) is 5.47. The third-order valence-corrected chi connectivity index (χ3v) is 4.38. The summed E-state index contributed by atoms with van der Waals surface area (Å²) >= 11 is 6.28. The molecule has 2 aromatic carbocycles. The van der Waals surface area contributed by atoms with Gasteiger partial charge >= 0.3 is 0 Å². The van der Waals surface area contributed by atoms with Crippen LogP contribution in [0.1, 0.15) is 13.8 Å². The molecule has 0 fully saturated rings. The predicted molar refractivity (Wildman–Crippen MR) is 109 cm³/mol. The number of aromatic nitrogens is 2. The standard InChI is InChI=1S/C21H23ClN2O5/c1-13(2)28-19-8-5-16(9-18(19)22)20-23-21(29-24-20)15-3-6-17(7-4-15)27-12-14(10-25)11-26/h3-9,13-14,25-26H,10-12H2,1-2H3. The second-order valence-corrected chi connectivity index (χ2v) is 7.21. The zero-order chi connectivity index (χ0) is 20.8. The Balaban J connectivity index is 1.70. The Labute approximate surface area is 173 Å². The number of aliphatic hydroxyl groups is 2. The quantitative estimate of drug-likeness (QED) is 0.545. The minimum absolute atomic E-state index is 0.0280. The summed E-state index contributed by atoms with van der Waals surface area (Å²) in [6.45, 7) is 3.84. The molecule has 0 saturated heterocycles. The average Bonchev–Trinajstić information content (AvgIpc) is 3.21. The van der Waals surface area contributed by atoms with Crippen molar-refractivity contribution >= 4 is 11.6 Å². The Morgan fingerprint density at radius 3 is 2.34 bits per heavy atom. The van der Waals surface area contributed by atoms with Gasteiger partial charge in [-0.2, -0.15) is 4.98 Å². The van der Waals surface area contributed by atoms with Gasteiger partial charge in [-0.25, -0.2) is 0 Å². The van der Waals surface area contributed by atoms with Gasteiger partial charge in [0, 0.05) is 17.0 Å². The van der Waals surface area contributed by atoms with Gasteiger partial charge < -0.3 is 24.2 Å². The van der Waals surface area contributed by atoms with Crippen molar-refractivity contribution in [1.29, 1.82) is 0 Å². The van der Waals surface area contributed by atoms with Crippen LogP contribution >= 0.6 is 11.6 Å². The molecule has 0 unspecified atom stereocenters. The number of benzene rings is 2. The molecule has 0 aliphatic carbocycles. The first-order valence-electron chi connectivity index (χ1n) is 9.25. The van der Waals surface area contributed by atoms with Crippen LogP contribution in [0.15, 0.2) is 47.0 Å². The Bertz CT molecular complexity index is 923. The molecular formula is C21H23ClN2O5. The molecule has 0 spiro atoms. The first kappa shape index (κ1) is 21.1. The summed E-state index contributed by atoms with van der Waals surface area (Å²) in [5.41, 5.74) is 1.46. The summed E-state index contributed by atoms with van der Waals surface area (Å²) < 4.78 is 16.6. The fourth-order valence-corrected chi connectivity index (χ4v) is 2.74. The Kier molecular flexibility index (Phi) is 7.09. The maximum atomic E-state index is 9.08. The van der Waals surface area contributed by atoms with E-state index in [1.807, 2.05) is 19.9 Å². The van der Waals surface area contributed by atoms with Gasteiger partial charge in [-0.15, -0.1) is 0 Å². The smallest absolute Gasteiger partial charge is 0.258 e. The molecule has 2 N–H and O–H groups in total. The van der Waals surface area contributed by atoms with E-state index in [0.717, 1.165) is 11.1 Å². The van der Waals surface area contributed by atoms with Gasteiger partial charge in [-0.05, 0) is 56.3 Å². The van der Waals surface area contributed by atoms with E-state index in [1.54, 1.807) is 36.4 Å². The van der Waals surface area contributed by atoms with E-state index < -0.39 is 0 Å². The van der Waals surface area contributed by atoms with Crippen LogP contribution in [0.3, 0.4) is 0 Å².